The van der Waals surface area contributed by atoms with Gasteiger partial charge in [-0.15, -0.1) is 22.7 Å². The number of hydrogen-bond donors (Lipinski definition) is 1. The van der Waals surface area contributed by atoms with Crippen LogP contribution in [0, 0.1) is 0 Å². The van der Waals surface area contributed by atoms with Gasteiger partial charge < -0.3 is 9.38 Å². The van der Waals surface area contributed by atoms with Crippen molar-refractivity contribution in [3.63, 3.8) is 0 Å². The Morgan fingerprint density at radius 2 is 1.66 bits per heavy atom. The van der Waals surface area contributed by atoms with Gasteiger partial charge in [0, 0.05) is 46.2 Å². The lowest BCUT2D eigenvalue weighted by atomic mass is 10.1. The number of fused-ring (bicyclic) bond motifs is 2. The Labute approximate surface area is 294 Å². The molecule has 6 nitrogen and oxygen atoms in total. The second kappa shape index (κ2) is 14.4. The third-order valence-corrected chi connectivity index (χ3v) is 13.0. The van der Waals surface area contributed by atoms with Crippen LogP contribution in [0.2, 0.25) is 0 Å². The molecule has 0 radical (unpaired) electrons. The van der Waals surface area contributed by atoms with Crippen molar-refractivity contribution in [2.24, 2.45) is 0 Å². The first-order chi connectivity index (χ1) is 22.5. The fourth-order valence-electron chi connectivity index (χ4n) is 5.74. The SMILES string of the molecule is CCC(=Cc1sc2ccc(-c3cccs3)cc2[n+]1CCCS(=O)(=O)O)C=C1Sc2ccc(-c3cccs3)cc2N1CCC[N+](C)(C)C. The third-order valence-electron chi connectivity index (χ3n) is 8.09. The van der Waals surface area contributed by atoms with Crippen molar-refractivity contribution in [1.82, 2.24) is 0 Å². The highest BCUT2D eigenvalue weighted by atomic mass is 32.2. The van der Waals surface area contributed by atoms with Crippen LogP contribution in [0.5, 0.6) is 0 Å². The van der Waals surface area contributed by atoms with Crippen molar-refractivity contribution in [3.8, 4) is 20.9 Å². The van der Waals surface area contributed by atoms with Crippen molar-refractivity contribution in [3.05, 3.63) is 93.1 Å². The van der Waals surface area contributed by atoms with Gasteiger partial charge in [0.1, 0.15) is 4.70 Å². The summed E-state index contributed by atoms with van der Waals surface area (Å²) in [5, 5.41) is 6.52. The van der Waals surface area contributed by atoms with Gasteiger partial charge in [-0.05, 0) is 70.3 Å². The molecule has 246 valence electrons. The number of hydrogen-bond acceptors (Lipinski definition) is 7. The highest BCUT2D eigenvalue weighted by Gasteiger charge is 2.27. The van der Waals surface area contributed by atoms with Crippen LogP contribution in [-0.4, -0.2) is 57.4 Å². The van der Waals surface area contributed by atoms with E-state index in [0.29, 0.717) is 13.0 Å². The van der Waals surface area contributed by atoms with E-state index in [1.807, 2.05) is 11.8 Å². The van der Waals surface area contributed by atoms with E-state index < -0.39 is 10.1 Å². The molecule has 47 heavy (non-hydrogen) atoms. The second-order valence-electron chi connectivity index (χ2n) is 12.7. The van der Waals surface area contributed by atoms with Crippen LogP contribution in [0.3, 0.4) is 0 Å². The number of thiazole rings is 1. The summed E-state index contributed by atoms with van der Waals surface area (Å²) in [5.41, 5.74) is 5.96. The summed E-state index contributed by atoms with van der Waals surface area (Å²) < 4.78 is 37.0. The highest BCUT2D eigenvalue weighted by molar-refractivity contribution is 8.03. The van der Waals surface area contributed by atoms with Crippen LogP contribution in [0.25, 0.3) is 37.2 Å². The summed E-state index contributed by atoms with van der Waals surface area (Å²) in [5.74, 6) is -0.263. The lowest BCUT2D eigenvalue weighted by Crippen LogP contribution is -2.37. The molecule has 0 aliphatic carbocycles. The Morgan fingerprint density at radius 1 is 0.957 bits per heavy atom. The first-order valence-corrected chi connectivity index (χ1v) is 20.8. The number of aromatic nitrogens is 1. The maximum Gasteiger partial charge on any atom is 0.265 e. The molecule has 0 spiro atoms. The van der Waals surface area contributed by atoms with Gasteiger partial charge in [0.25, 0.3) is 15.1 Å². The Hall–Kier alpha value is -2.77. The smallest absolute Gasteiger partial charge is 0.265 e. The Morgan fingerprint density at radius 3 is 2.30 bits per heavy atom. The summed E-state index contributed by atoms with van der Waals surface area (Å²) in [6, 6.07) is 21.8. The highest BCUT2D eigenvalue weighted by Crippen LogP contribution is 2.48. The minimum atomic E-state index is -4.04. The minimum Gasteiger partial charge on any atom is -0.335 e. The molecule has 1 aliphatic heterocycles. The predicted octanol–water partition coefficient (Wildman–Crippen LogP) is 9.27. The average Bonchev–Trinajstić information content (AvgIpc) is 3.83. The number of quaternary nitrogens is 1. The molecular formula is C36H41N3O3S5+2. The van der Waals surface area contributed by atoms with Crippen LogP contribution in [0.1, 0.15) is 31.2 Å². The van der Waals surface area contributed by atoms with Crippen LogP contribution in [0.15, 0.2) is 93.0 Å². The van der Waals surface area contributed by atoms with Crippen LogP contribution < -0.4 is 9.47 Å². The van der Waals surface area contributed by atoms with Crippen molar-refractivity contribution >= 4 is 77.9 Å². The van der Waals surface area contributed by atoms with Crippen LogP contribution >= 0.6 is 45.8 Å². The number of benzene rings is 2. The summed E-state index contributed by atoms with van der Waals surface area (Å²) >= 11 is 7.04. The molecule has 0 unspecified atom stereocenters. The maximum absolute atomic E-state index is 11.6. The van der Waals surface area contributed by atoms with Crippen molar-refractivity contribution in [2.45, 2.75) is 37.6 Å². The molecule has 1 N–H and O–H groups in total. The first kappa shape index (κ1) is 34.1. The molecule has 2 aromatic carbocycles. The molecule has 0 fully saturated rings. The lowest BCUT2D eigenvalue weighted by Gasteiger charge is -2.26. The fraction of sp³-hybridized carbons (Fsp3) is 0.306. The number of thioether (sulfide) groups is 1. The molecule has 11 heteroatoms. The summed E-state index contributed by atoms with van der Waals surface area (Å²) in [7, 11) is 2.70. The molecule has 0 saturated heterocycles. The van der Waals surface area contributed by atoms with Gasteiger partial charge in [-0.3, -0.25) is 4.55 Å². The fourth-order valence-corrected chi connectivity index (χ4v) is 9.97. The summed E-state index contributed by atoms with van der Waals surface area (Å²) in [4.78, 5) is 6.25. The summed E-state index contributed by atoms with van der Waals surface area (Å²) in [6.07, 6.45) is 6.87. The zero-order valence-corrected chi connectivity index (χ0v) is 31.3. The quantitative estimate of drug-likeness (QED) is 0.0746. The predicted molar refractivity (Wildman–Crippen MR) is 203 cm³/mol. The van der Waals surface area contributed by atoms with E-state index in [0.717, 1.165) is 51.2 Å². The van der Waals surface area contributed by atoms with E-state index in [1.165, 1.54) is 36.5 Å². The van der Waals surface area contributed by atoms with Crippen LogP contribution in [-0.2, 0) is 16.7 Å². The van der Waals surface area contributed by atoms with Gasteiger partial charge in [-0.25, -0.2) is 0 Å². The number of aryl methyl sites for hydroxylation is 1. The molecule has 4 heterocycles. The second-order valence-corrected chi connectivity index (χ2v) is 18.3. The van der Waals surface area contributed by atoms with E-state index in [4.69, 9.17) is 0 Å². The lowest BCUT2D eigenvalue weighted by molar-refractivity contribution is -0.870. The largest absolute Gasteiger partial charge is 0.335 e. The number of rotatable bonds is 13. The molecule has 5 aromatic rings. The summed E-state index contributed by atoms with van der Waals surface area (Å²) in [6.45, 7) is 4.72. The van der Waals surface area contributed by atoms with E-state index in [9.17, 15) is 13.0 Å². The maximum atomic E-state index is 11.6. The molecule has 1 aliphatic rings. The van der Waals surface area contributed by atoms with Gasteiger partial charge >= 0.3 is 0 Å². The molecule has 0 bridgehead atoms. The van der Waals surface area contributed by atoms with Gasteiger partial charge in [-0.2, -0.15) is 13.0 Å². The standard InChI is InChI=1S/C36H40N3O3S5/c1-5-26(22-35-37(16-8-18-39(2,3)4)29-24-27(12-14-33(29)45-35)31-10-6-19-43-31)23-36-38(17-9-21-47(40,41)42)30-25-28(13-15-34(30)46-36)32-11-7-20-44-32/h6-7,10-15,19-20,22-25H,5,8-9,16-18,21H2,1-4H3/q+1/p+1. The molecule has 0 amide bonds. The third kappa shape index (κ3) is 8.45. The Bertz CT molecular complexity index is 2020. The molecule has 0 atom stereocenters. The van der Waals surface area contributed by atoms with Gasteiger partial charge in [0.15, 0.2) is 6.54 Å². The average molecular weight is 724 g/mol. The Kier molecular flexibility index (Phi) is 10.4. The minimum absolute atomic E-state index is 0.263. The topological polar surface area (TPSA) is 61.5 Å². The van der Waals surface area contributed by atoms with Crippen molar-refractivity contribution in [1.29, 1.82) is 0 Å². The zero-order chi connectivity index (χ0) is 33.2. The number of allylic oxidation sites excluding steroid dienone is 2. The van der Waals surface area contributed by atoms with E-state index in [2.05, 4.69) is 121 Å². The van der Waals surface area contributed by atoms with E-state index in [-0.39, 0.29) is 5.75 Å². The van der Waals surface area contributed by atoms with E-state index in [1.54, 1.807) is 34.0 Å². The molecule has 6 rings (SSSR count). The molecule has 0 saturated carbocycles. The molecule has 3 aromatic heterocycles. The monoisotopic (exact) mass is 723 g/mol. The molecular weight excluding hydrogens is 683 g/mol. The van der Waals surface area contributed by atoms with Gasteiger partial charge in [0.2, 0.25) is 5.52 Å². The van der Waals surface area contributed by atoms with Crippen LogP contribution in [0.4, 0.5) is 5.69 Å². The number of thiophene rings is 2. The van der Waals surface area contributed by atoms with Crippen molar-refractivity contribution in [2.75, 3.05) is 44.9 Å². The zero-order valence-electron chi connectivity index (χ0n) is 27.2. The first-order valence-electron chi connectivity index (χ1n) is 15.8. The van der Waals surface area contributed by atoms with Crippen molar-refractivity contribution < 1.29 is 22.0 Å². The van der Waals surface area contributed by atoms with E-state index >= 15 is 0 Å². The Balaban J connectivity index is 1.38. The number of nitrogens with zero attached hydrogens (tertiary/aromatic N) is 3. The van der Waals surface area contributed by atoms with Gasteiger partial charge in [0.05, 0.1) is 44.2 Å². The number of anilines is 1. The van der Waals surface area contributed by atoms with Gasteiger partial charge in [-0.1, -0.05) is 54.3 Å². The normalized spacial score (nSPS) is 14.9.